The van der Waals surface area contributed by atoms with E-state index in [0.717, 1.165) is 41.6 Å². The second kappa shape index (κ2) is 5.00. The number of hydrogen-bond acceptors (Lipinski definition) is 4. The van der Waals surface area contributed by atoms with E-state index in [2.05, 4.69) is 22.2 Å². The van der Waals surface area contributed by atoms with Crippen LogP contribution in [-0.4, -0.2) is 35.6 Å². The molecule has 4 heteroatoms. The van der Waals surface area contributed by atoms with Gasteiger partial charge in [0.15, 0.2) is 0 Å². The largest absolute Gasteiger partial charge is 0.396 e. The standard InChI is InChI=1S/C15H24N4/c1-10-5-6-17-15(14(10)16)18-9-11-7-12-3-4-13(8-11)19(12)2/h5-6,11-13H,3-4,7-9,16H2,1-2H3,(H,17,18). The van der Waals surface area contributed by atoms with Crippen LogP contribution in [0.4, 0.5) is 11.5 Å². The zero-order valence-corrected chi connectivity index (χ0v) is 11.9. The van der Waals surface area contributed by atoms with E-state index in [9.17, 15) is 0 Å². The Bertz CT molecular complexity index is 445. The van der Waals surface area contributed by atoms with Gasteiger partial charge in [-0.2, -0.15) is 0 Å². The van der Waals surface area contributed by atoms with Gasteiger partial charge in [-0.3, -0.25) is 0 Å². The summed E-state index contributed by atoms with van der Waals surface area (Å²) in [6, 6.07) is 3.55. The monoisotopic (exact) mass is 260 g/mol. The molecule has 3 N–H and O–H groups in total. The molecule has 104 valence electrons. The average molecular weight is 260 g/mol. The molecule has 2 bridgehead atoms. The first-order valence-electron chi connectivity index (χ1n) is 7.32. The zero-order valence-electron chi connectivity index (χ0n) is 11.9. The van der Waals surface area contributed by atoms with Gasteiger partial charge in [-0.05, 0) is 57.2 Å². The fraction of sp³-hybridized carbons (Fsp3) is 0.667. The Hall–Kier alpha value is -1.29. The summed E-state index contributed by atoms with van der Waals surface area (Å²) < 4.78 is 0. The number of rotatable bonds is 3. The SMILES string of the molecule is Cc1ccnc(NCC2CC3CCC(C2)N3C)c1N. The second-order valence-electron chi connectivity index (χ2n) is 6.16. The molecular weight excluding hydrogens is 236 g/mol. The molecule has 2 unspecified atom stereocenters. The van der Waals surface area contributed by atoms with Crippen molar-refractivity contribution in [3.05, 3.63) is 17.8 Å². The molecule has 1 aromatic rings. The second-order valence-corrected chi connectivity index (χ2v) is 6.16. The zero-order chi connectivity index (χ0) is 13.4. The highest BCUT2D eigenvalue weighted by molar-refractivity contribution is 5.64. The lowest BCUT2D eigenvalue weighted by Crippen LogP contribution is -2.41. The minimum Gasteiger partial charge on any atom is -0.396 e. The third-order valence-electron chi connectivity index (χ3n) is 4.96. The lowest BCUT2D eigenvalue weighted by molar-refractivity contribution is 0.139. The topological polar surface area (TPSA) is 54.2 Å². The molecule has 3 rings (SSSR count). The summed E-state index contributed by atoms with van der Waals surface area (Å²) in [7, 11) is 2.28. The molecule has 2 aliphatic rings. The molecule has 0 amide bonds. The molecule has 0 aliphatic carbocycles. The highest BCUT2D eigenvalue weighted by Gasteiger charge is 2.38. The number of aryl methyl sites for hydroxylation is 1. The van der Waals surface area contributed by atoms with Gasteiger partial charge < -0.3 is 16.0 Å². The van der Waals surface area contributed by atoms with E-state index in [1.165, 1.54) is 25.7 Å². The fourth-order valence-electron chi connectivity index (χ4n) is 3.64. The van der Waals surface area contributed by atoms with Crippen LogP contribution in [0.15, 0.2) is 12.3 Å². The van der Waals surface area contributed by atoms with Crippen molar-refractivity contribution in [3.8, 4) is 0 Å². The van der Waals surface area contributed by atoms with Gasteiger partial charge in [0.25, 0.3) is 0 Å². The molecule has 3 heterocycles. The van der Waals surface area contributed by atoms with Gasteiger partial charge in [0.1, 0.15) is 5.82 Å². The number of nitrogen functional groups attached to an aromatic ring is 1. The highest BCUT2D eigenvalue weighted by atomic mass is 15.2. The van der Waals surface area contributed by atoms with Crippen LogP contribution in [0.2, 0.25) is 0 Å². The van der Waals surface area contributed by atoms with Gasteiger partial charge in [-0.25, -0.2) is 4.98 Å². The molecule has 1 aromatic heterocycles. The maximum absolute atomic E-state index is 6.05. The third kappa shape index (κ3) is 2.41. The summed E-state index contributed by atoms with van der Waals surface area (Å²) >= 11 is 0. The molecule has 2 atom stereocenters. The normalized spacial score (nSPS) is 30.5. The van der Waals surface area contributed by atoms with Crippen molar-refractivity contribution < 1.29 is 0 Å². The van der Waals surface area contributed by atoms with Crippen LogP contribution in [0.5, 0.6) is 0 Å². The smallest absolute Gasteiger partial charge is 0.149 e. The maximum Gasteiger partial charge on any atom is 0.149 e. The van der Waals surface area contributed by atoms with Crippen molar-refractivity contribution in [1.82, 2.24) is 9.88 Å². The Morgan fingerprint density at radius 3 is 2.74 bits per heavy atom. The highest BCUT2D eigenvalue weighted by Crippen LogP contribution is 2.37. The molecule has 19 heavy (non-hydrogen) atoms. The fourth-order valence-corrected chi connectivity index (χ4v) is 3.64. The first-order chi connectivity index (χ1) is 9.15. The Morgan fingerprint density at radius 1 is 1.37 bits per heavy atom. The van der Waals surface area contributed by atoms with Crippen LogP contribution in [0.3, 0.4) is 0 Å². The van der Waals surface area contributed by atoms with E-state index in [1.807, 2.05) is 19.2 Å². The third-order valence-corrected chi connectivity index (χ3v) is 4.96. The maximum atomic E-state index is 6.05. The van der Waals surface area contributed by atoms with Crippen molar-refractivity contribution >= 4 is 11.5 Å². The van der Waals surface area contributed by atoms with Crippen LogP contribution in [-0.2, 0) is 0 Å². The van der Waals surface area contributed by atoms with E-state index in [1.54, 1.807) is 0 Å². The molecule has 2 aliphatic heterocycles. The summed E-state index contributed by atoms with van der Waals surface area (Å²) in [5, 5.41) is 3.45. The lowest BCUT2D eigenvalue weighted by Gasteiger charge is -2.36. The number of pyridine rings is 1. The van der Waals surface area contributed by atoms with Crippen molar-refractivity contribution in [2.24, 2.45) is 5.92 Å². The van der Waals surface area contributed by atoms with Gasteiger partial charge in [-0.1, -0.05) is 0 Å². The molecule has 4 nitrogen and oxygen atoms in total. The summed E-state index contributed by atoms with van der Waals surface area (Å²) in [4.78, 5) is 6.92. The van der Waals surface area contributed by atoms with Crippen LogP contribution >= 0.6 is 0 Å². The summed E-state index contributed by atoms with van der Waals surface area (Å²) in [6.45, 7) is 3.03. The minimum absolute atomic E-state index is 0.760. The number of nitrogens with zero attached hydrogens (tertiary/aromatic N) is 2. The van der Waals surface area contributed by atoms with Gasteiger partial charge in [-0.15, -0.1) is 0 Å². The van der Waals surface area contributed by atoms with Gasteiger partial charge in [0.2, 0.25) is 0 Å². The van der Waals surface area contributed by atoms with Gasteiger partial charge in [0, 0.05) is 24.8 Å². The van der Waals surface area contributed by atoms with E-state index in [4.69, 9.17) is 5.73 Å². The van der Waals surface area contributed by atoms with Crippen molar-refractivity contribution in [2.75, 3.05) is 24.6 Å². The van der Waals surface area contributed by atoms with Gasteiger partial charge in [0.05, 0.1) is 5.69 Å². The first kappa shape index (κ1) is 12.7. The molecular formula is C15H24N4. The quantitative estimate of drug-likeness (QED) is 0.875. The van der Waals surface area contributed by atoms with Crippen LogP contribution in [0, 0.1) is 12.8 Å². The number of anilines is 2. The molecule has 0 saturated carbocycles. The van der Waals surface area contributed by atoms with Crippen LogP contribution in [0.25, 0.3) is 0 Å². The Morgan fingerprint density at radius 2 is 2.05 bits per heavy atom. The van der Waals surface area contributed by atoms with Crippen molar-refractivity contribution in [2.45, 2.75) is 44.7 Å². The molecule has 2 saturated heterocycles. The van der Waals surface area contributed by atoms with Gasteiger partial charge >= 0.3 is 0 Å². The summed E-state index contributed by atoms with van der Waals surface area (Å²) in [5.41, 5.74) is 7.94. The predicted octanol–water partition coefficient (Wildman–Crippen LogP) is 2.26. The average Bonchev–Trinajstić information content (AvgIpc) is 2.64. The molecule has 0 radical (unpaired) electrons. The van der Waals surface area contributed by atoms with E-state index in [-0.39, 0.29) is 0 Å². The Labute approximate surface area is 115 Å². The number of hydrogen-bond donors (Lipinski definition) is 2. The van der Waals surface area contributed by atoms with Crippen LogP contribution in [0.1, 0.15) is 31.2 Å². The van der Waals surface area contributed by atoms with Crippen molar-refractivity contribution in [1.29, 1.82) is 0 Å². The lowest BCUT2D eigenvalue weighted by atomic mass is 9.91. The first-order valence-corrected chi connectivity index (χ1v) is 7.32. The Kier molecular flexibility index (Phi) is 3.35. The molecule has 2 fully saturated rings. The minimum atomic E-state index is 0.760. The van der Waals surface area contributed by atoms with E-state index < -0.39 is 0 Å². The number of nitrogens with two attached hydrogens (primary N) is 1. The molecule has 0 aromatic carbocycles. The summed E-state index contributed by atoms with van der Waals surface area (Å²) in [5.74, 6) is 1.61. The van der Waals surface area contributed by atoms with E-state index in [0.29, 0.717) is 0 Å². The molecule has 0 spiro atoms. The van der Waals surface area contributed by atoms with E-state index >= 15 is 0 Å². The Balaban J connectivity index is 1.60. The van der Waals surface area contributed by atoms with Crippen molar-refractivity contribution in [3.63, 3.8) is 0 Å². The number of nitrogens with one attached hydrogen (secondary N) is 1. The number of aromatic nitrogens is 1. The number of fused-ring (bicyclic) bond motifs is 2. The van der Waals surface area contributed by atoms with Crippen LogP contribution < -0.4 is 11.1 Å². The number of piperidine rings is 1. The summed E-state index contributed by atoms with van der Waals surface area (Å²) in [6.07, 6.45) is 7.20. The predicted molar refractivity (Wildman–Crippen MR) is 79.2 cm³/mol.